The molecule has 0 aliphatic heterocycles. The summed E-state index contributed by atoms with van der Waals surface area (Å²) >= 11 is 0. The highest BCUT2D eigenvalue weighted by Gasteiger charge is 2.19. The van der Waals surface area contributed by atoms with E-state index in [1.165, 1.54) is 24.5 Å². The average Bonchev–Trinajstić information content (AvgIpc) is 2.64. The second-order valence-corrected chi connectivity index (χ2v) is 7.00. The van der Waals surface area contributed by atoms with Gasteiger partial charge in [0.05, 0.1) is 0 Å². The van der Waals surface area contributed by atoms with Crippen molar-refractivity contribution in [2.75, 3.05) is 13.1 Å². The molecule has 0 saturated carbocycles. The number of benzene rings is 1. The van der Waals surface area contributed by atoms with Crippen LogP contribution in [0.3, 0.4) is 0 Å². The molecular weight excluding hydrogens is 361 g/mol. The molecule has 0 unspecified atom stereocenters. The molecule has 0 bridgehead atoms. The Hall–Kier alpha value is -2.96. The topological polar surface area (TPSA) is 80.2 Å². The van der Waals surface area contributed by atoms with Crippen molar-refractivity contribution in [3.8, 4) is 0 Å². The van der Waals surface area contributed by atoms with Crippen LogP contribution in [0, 0.1) is 11.7 Å². The summed E-state index contributed by atoms with van der Waals surface area (Å²) in [5, 5.41) is 5.31. The van der Waals surface area contributed by atoms with Crippen molar-refractivity contribution < 1.29 is 14.0 Å². The average molecular weight is 387 g/mol. The molecule has 0 atom stereocenters. The standard InChI is InChI=1S/C21H26FN3O3/c1-4-23-20(27)17-12-25(11-14(2)3)13-18(19(17)26)21(28)24-10-9-15-5-7-16(22)8-6-15/h5-8,12-14H,4,9-11H2,1-3H3,(H,23,27)(H,24,28). The summed E-state index contributed by atoms with van der Waals surface area (Å²) in [5.41, 5.74) is 0.164. The minimum Gasteiger partial charge on any atom is -0.352 e. The minimum atomic E-state index is -0.592. The number of pyridine rings is 1. The molecule has 1 aromatic carbocycles. The van der Waals surface area contributed by atoms with E-state index in [-0.39, 0.29) is 22.9 Å². The van der Waals surface area contributed by atoms with Crippen molar-refractivity contribution in [2.45, 2.75) is 33.7 Å². The quantitative estimate of drug-likeness (QED) is 0.730. The lowest BCUT2D eigenvalue weighted by molar-refractivity contribution is 0.0951. The van der Waals surface area contributed by atoms with E-state index in [1.807, 2.05) is 13.8 Å². The Morgan fingerprint density at radius 1 is 1.04 bits per heavy atom. The van der Waals surface area contributed by atoms with Crippen LogP contribution < -0.4 is 16.1 Å². The molecule has 0 spiro atoms. The minimum absolute atomic E-state index is 0.0475. The van der Waals surface area contributed by atoms with Gasteiger partial charge in [-0.15, -0.1) is 0 Å². The summed E-state index contributed by atoms with van der Waals surface area (Å²) in [7, 11) is 0. The van der Waals surface area contributed by atoms with Gasteiger partial charge < -0.3 is 15.2 Å². The van der Waals surface area contributed by atoms with E-state index < -0.39 is 17.2 Å². The molecule has 150 valence electrons. The van der Waals surface area contributed by atoms with Crippen LogP contribution in [0.5, 0.6) is 0 Å². The smallest absolute Gasteiger partial charge is 0.256 e. The zero-order chi connectivity index (χ0) is 20.7. The van der Waals surface area contributed by atoms with Crippen LogP contribution in [-0.2, 0) is 13.0 Å². The molecule has 2 aromatic rings. The first-order valence-corrected chi connectivity index (χ1v) is 9.36. The fraction of sp³-hybridized carbons (Fsp3) is 0.381. The molecule has 0 aliphatic rings. The van der Waals surface area contributed by atoms with Crippen LogP contribution >= 0.6 is 0 Å². The second kappa shape index (κ2) is 9.82. The van der Waals surface area contributed by atoms with Crippen LogP contribution in [0.2, 0.25) is 0 Å². The normalized spacial score (nSPS) is 10.8. The van der Waals surface area contributed by atoms with Gasteiger partial charge in [0.1, 0.15) is 16.9 Å². The van der Waals surface area contributed by atoms with Crippen molar-refractivity contribution in [1.29, 1.82) is 0 Å². The number of halogens is 1. The predicted molar refractivity (Wildman–Crippen MR) is 106 cm³/mol. The number of amides is 2. The Kier molecular flexibility index (Phi) is 7.49. The molecule has 0 fully saturated rings. The van der Waals surface area contributed by atoms with Crippen LogP contribution in [-0.4, -0.2) is 29.5 Å². The number of carbonyl (C=O) groups excluding carboxylic acids is 2. The molecule has 2 N–H and O–H groups in total. The lowest BCUT2D eigenvalue weighted by Gasteiger charge is -2.14. The van der Waals surface area contributed by atoms with Crippen LogP contribution in [0.25, 0.3) is 0 Å². The molecular formula is C21H26FN3O3. The van der Waals surface area contributed by atoms with E-state index in [0.717, 1.165) is 5.56 Å². The van der Waals surface area contributed by atoms with E-state index in [1.54, 1.807) is 23.6 Å². The van der Waals surface area contributed by atoms with E-state index in [9.17, 15) is 18.8 Å². The highest BCUT2D eigenvalue weighted by Crippen LogP contribution is 2.05. The first-order valence-electron chi connectivity index (χ1n) is 9.36. The number of hydrogen-bond acceptors (Lipinski definition) is 3. The predicted octanol–water partition coefficient (Wildman–Crippen LogP) is 2.37. The summed E-state index contributed by atoms with van der Waals surface area (Å²) in [6.07, 6.45) is 3.48. The van der Waals surface area contributed by atoms with Gasteiger partial charge in [-0.25, -0.2) is 4.39 Å². The van der Waals surface area contributed by atoms with Gasteiger partial charge in [0.15, 0.2) is 0 Å². The Morgan fingerprint density at radius 2 is 1.61 bits per heavy atom. The van der Waals surface area contributed by atoms with Crippen LogP contribution in [0.4, 0.5) is 4.39 Å². The molecule has 6 nitrogen and oxygen atoms in total. The van der Waals surface area contributed by atoms with E-state index in [2.05, 4.69) is 10.6 Å². The summed E-state index contributed by atoms with van der Waals surface area (Å²) in [6, 6.07) is 6.01. The molecule has 2 amide bonds. The molecule has 1 aromatic heterocycles. The van der Waals surface area contributed by atoms with Crippen LogP contribution in [0.15, 0.2) is 41.5 Å². The number of rotatable bonds is 8. The summed E-state index contributed by atoms with van der Waals surface area (Å²) in [6.45, 7) is 7.02. The number of nitrogens with one attached hydrogen (secondary N) is 2. The summed E-state index contributed by atoms with van der Waals surface area (Å²) < 4.78 is 14.6. The van der Waals surface area contributed by atoms with Gasteiger partial charge in [0.25, 0.3) is 11.8 Å². The molecule has 0 aliphatic carbocycles. The highest BCUT2D eigenvalue weighted by atomic mass is 19.1. The second-order valence-electron chi connectivity index (χ2n) is 7.00. The Balaban J connectivity index is 2.19. The van der Waals surface area contributed by atoms with Gasteiger partial charge in [-0.1, -0.05) is 26.0 Å². The van der Waals surface area contributed by atoms with Crippen LogP contribution in [0.1, 0.15) is 47.1 Å². The molecule has 7 heteroatoms. The number of hydrogen-bond donors (Lipinski definition) is 2. The SMILES string of the molecule is CCNC(=O)c1cn(CC(C)C)cc(C(=O)NCCc2ccc(F)cc2)c1=O. The highest BCUT2D eigenvalue weighted by molar-refractivity contribution is 5.99. The van der Waals surface area contributed by atoms with Gasteiger partial charge in [-0.3, -0.25) is 14.4 Å². The van der Waals surface area contributed by atoms with Gasteiger partial charge in [-0.2, -0.15) is 0 Å². The zero-order valence-corrected chi connectivity index (χ0v) is 16.4. The third-order valence-corrected chi connectivity index (χ3v) is 4.09. The van der Waals surface area contributed by atoms with Gasteiger partial charge in [0, 0.05) is 32.0 Å². The van der Waals surface area contributed by atoms with Crippen molar-refractivity contribution in [1.82, 2.24) is 15.2 Å². The van der Waals surface area contributed by atoms with Crippen molar-refractivity contribution in [3.63, 3.8) is 0 Å². The monoisotopic (exact) mass is 387 g/mol. The maximum absolute atomic E-state index is 12.9. The zero-order valence-electron chi connectivity index (χ0n) is 16.4. The lowest BCUT2D eigenvalue weighted by Crippen LogP contribution is -2.36. The summed E-state index contributed by atoms with van der Waals surface area (Å²) in [5.74, 6) is -1.07. The fourth-order valence-corrected chi connectivity index (χ4v) is 2.80. The number of nitrogens with zero attached hydrogens (tertiary/aromatic N) is 1. The Labute approximate surface area is 163 Å². The van der Waals surface area contributed by atoms with Gasteiger partial charge in [0.2, 0.25) is 5.43 Å². The van der Waals surface area contributed by atoms with Crippen molar-refractivity contribution in [2.24, 2.45) is 5.92 Å². The maximum atomic E-state index is 12.9. The molecule has 0 radical (unpaired) electrons. The van der Waals surface area contributed by atoms with E-state index in [4.69, 9.17) is 0 Å². The third-order valence-electron chi connectivity index (χ3n) is 4.09. The molecule has 2 rings (SSSR count). The van der Waals surface area contributed by atoms with Crippen molar-refractivity contribution in [3.05, 3.63) is 69.4 Å². The number of aromatic nitrogens is 1. The number of carbonyl (C=O) groups is 2. The first-order chi connectivity index (χ1) is 13.3. The largest absolute Gasteiger partial charge is 0.352 e. The Bertz CT molecular complexity index is 889. The molecule has 1 heterocycles. The van der Waals surface area contributed by atoms with Gasteiger partial charge in [-0.05, 0) is 37.0 Å². The summed E-state index contributed by atoms with van der Waals surface area (Å²) in [4.78, 5) is 37.4. The Morgan fingerprint density at radius 3 is 2.14 bits per heavy atom. The fourth-order valence-electron chi connectivity index (χ4n) is 2.80. The molecule has 28 heavy (non-hydrogen) atoms. The van der Waals surface area contributed by atoms with E-state index >= 15 is 0 Å². The molecule has 0 saturated heterocycles. The first kappa shape index (κ1) is 21.3. The van der Waals surface area contributed by atoms with Gasteiger partial charge >= 0.3 is 0 Å². The van der Waals surface area contributed by atoms with Crippen molar-refractivity contribution >= 4 is 11.8 Å². The lowest BCUT2D eigenvalue weighted by atomic mass is 10.1. The third kappa shape index (κ3) is 5.77. The van der Waals surface area contributed by atoms with E-state index in [0.29, 0.717) is 26.1 Å². The maximum Gasteiger partial charge on any atom is 0.256 e.